The molecular formula is C18H22N4. The van der Waals surface area contributed by atoms with E-state index in [4.69, 9.17) is 0 Å². The molecule has 0 unspecified atom stereocenters. The number of aryl methyl sites for hydroxylation is 3. The molecule has 22 heavy (non-hydrogen) atoms. The molecule has 0 aliphatic carbocycles. The lowest BCUT2D eigenvalue weighted by Gasteiger charge is -2.15. The van der Waals surface area contributed by atoms with Gasteiger partial charge in [0.1, 0.15) is 0 Å². The zero-order chi connectivity index (χ0) is 15.7. The average molecular weight is 294 g/mol. The van der Waals surface area contributed by atoms with Crippen molar-refractivity contribution in [2.24, 2.45) is 0 Å². The number of fused-ring (bicyclic) bond motifs is 1. The van der Waals surface area contributed by atoms with Gasteiger partial charge in [0.25, 0.3) is 0 Å². The van der Waals surface area contributed by atoms with Crippen molar-refractivity contribution in [3.63, 3.8) is 0 Å². The molecule has 0 radical (unpaired) electrons. The summed E-state index contributed by atoms with van der Waals surface area (Å²) in [5.41, 5.74) is 6.23. The molecule has 2 heterocycles. The van der Waals surface area contributed by atoms with Crippen LogP contribution in [0.5, 0.6) is 0 Å². The fraction of sp³-hybridized carbons (Fsp3) is 0.333. The number of benzene rings is 1. The summed E-state index contributed by atoms with van der Waals surface area (Å²) in [5, 5.41) is 12.1. The number of hydrogen-bond acceptors (Lipinski definition) is 3. The maximum absolute atomic E-state index is 4.31. The quantitative estimate of drug-likeness (QED) is 0.800. The van der Waals surface area contributed by atoms with Gasteiger partial charge in [0, 0.05) is 12.7 Å². The fourth-order valence-electron chi connectivity index (χ4n) is 2.72. The molecule has 1 N–H and O–H groups in total. The molecule has 0 aliphatic heterocycles. The van der Waals surface area contributed by atoms with Gasteiger partial charge in [0.15, 0.2) is 11.5 Å². The molecule has 0 bridgehead atoms. The van der Waals surface area contributed by atoms with E-state index in [2.05, 4.69) is 55.3 Å². The van der Waals surface area contributed by atoms with Crippen LogP contribution >= 0.6 is 0 Å². The Morgan fingerprint density at radius 1 is 1.05 bits per heavy atom. The normalized spacial score (nSPS) is 12.7. The molecule has 0 amide bonds. The minimum absolute atomic E-state index is 0.137. The van der Waals surface area contributed by atoms with Crippen LogP contribution < -0.4 is 5.32 Å². The molecule has 1 atom stereocenters. The van der Waals surface area contributed by atoms with Gasteiger partial charge in [-0.05, 0) is 62.1 Å². The highest BCUT2D eigenvalue weighted by Crippen LogP contribution is 2.17. The molecule has 0 fully saturated rings. The molecule has 0 saturated carbocycles. The summed E-state index contributed by atoms with van der Waals surface area (Å²) in [7, 11) is 0. The molecule has 0 saturated heterocycles. The SMILES string of the molecule is Cc1cc(C)c(CN[C@@H](C)c2nnc3ccccn23)cc1C. The highest BCUT2D eigenvalue weighted by Gasteiger charge is 2.13. The van der Waals surface area contributed by atoms with Crippen molar-refractivity contribution >= 4 is 5.65 Å². The van der Waals surface area contributed by atoms with Crippen LogP contribution in [0.1, 0.15) is 41.0 Å². The summed E-state index contributed by atoms with van der Waals surface area (Å²) in [4.78, 5) is 0. The van der Waals surface area contributed by atoms with Gasteiger partial charge in [-0.25, -0.2) is 0 Å². The first-order valence-corrected chi connectivity index (χ1v) is 7.66. The van der Waals surface area contributed by atoms with E-state index in [1.165, 1.54) is 22.3 Å². The highest BCUT2D eigenvalue weighted by molar-refractivity contribution is 5.38. The Labute approximate surface area is 131 Å². The van der Waals surface area contributed by atoms with Crippen molar-refractivity contribution in [2.45, 2.75) is 40.3 Å². The van der Waals surface area contributed by atoms with E-state index < -0.39 is 0 Å². The molecule has 2 aromatic heterocycles. The van der Waals surface area contributed by atoms with Gasteiger partial charge in [-0.2, -0.15) is 0 Å². The van der Waals surface area contributed by atoms with Crippen LogP contribution in [0.3, 0.4) is 0 Å². The predicted octanol–water partition coefficient (Wildman–Crippen LogP) is 3.51. The lowest BCUT2D eigenvalue weighted by atomic mass is 10.0. The van der Waals surface area contributed by atoms with Crippen LogP contribution in [0.25, 0.3) is 5.65 Å². The van der Waals surface area contributed by atoms with Gasteiger partial charge in [-0.15, -0.1) is 10.2 Å². The Bertz CT molecular complexity index is 804. The van der Waals surface area contributed by atoms with E-state index >= 15 is 0 Å². The third-order valence-electron chi connectivity index (χ3n) is 4.28. The molecule has 3 rings (SSSR count). The number of pyridine rings is 1. The number of nitrogens with zero attached hydrogens (tertiary/aromatic N) is 3. The van der Waals surface area contributed by atoms with Crippen LogP contribution in [-0.4, -0.2) is 14.6 Å². The molecule has 4 heteroatoms. The first-order chi connectivity index (χ1) is 10.6. The standard InChI is InChI=1S/C18H22N4/c1-12-9-14(3)16(10-13(12)2)11-19-15(4)18-21-20-17-7-5-6-8-22(17)18/h5-10,15,19H,11H2,1-4H3/t15-/m0/s1. The van der Waals surface area contributed by atoms with Crippen LogP contribution in [-0.2, 0) is 6.54 Å². The van der Waals surface area contributed by atoms with E-state index in [9.17, 15) is 0 Å². The minimum atomic E-state index is 0.137. The third kappa shape index (κ3) is 2.74. The predicted molar refractivity (Wildman–Crippen MR) is 88.9 cm³/mol. The Kier molecular flexibility index (Phi) is 3.94. The van der Waals surface area contributed by atoms with Crippen molar-refractivity contribution in [2.75, 3.05) is 0 Å². The molecule has 1 aromatic carbocycles. The van der Waals surface area contributed by atoms with Crippen LogP contribution in [0.4, 0.5) is 0 Å². The summed E-state index contributed by atoms with van der Waals surface area (Å²) in [6.45, 7) is 9.44. The maximum atomic E-state index is 4.31. The summed E-state index contributed by atoms with van der Waals surface area (Å²) in [6.07, 6.45) is 2.00. The van der Waals surface area contributed by atoms with E-state index in [0.717, 1.165) is 18.0 Å². The third-order valence-corrected chi connectivity index (χ3v) is 4.28. The second-order valence-corrected chi connectivity index (χ2v) is 5.95. The van der Waals surface area contributed by atoms with Gasteiger partial charge >= 0.3 is 0 Å². The minimum Gasteiger partial charge on any atom is -0.303 e. The van der Waals surface area contributed by atoms with Crippen molar-refractivity contribution in [1.29, 1.82) is 0 Å². The summed E-state index contributed by atoms with van der Waals surface area (Å²) >= 11 is 0. The first-order valence-electron chi connectivity index (χ1n) is 7.66. The van der Waals surface area contributed by atoms with Crippen LogP contribution in [0.15, 0.2) is 36.5 Å². The number of rotatable bonds is 4. The molecule has 114 valence electrons. The van der Waals surface area contributed by atoms with E-state index in [-0.39, 0.29) is 6.04 Å². The second kappa shape index (κ2) is 5.89. The van der Waals surface area contributed by atoms with E-state index in [1.807, 2.05) is 28.8 Å². The van der Waals surface area contributed by atoms with Gasteiger partial charge in [-0.1, -0.05) is 18.2 Å². The summed E-state index contributed by atoms with van der Waals surface area (Å²) in [6, 6.07) is 10.6. The lowest BCUT2D eigenvalue weighted by Crippen LogP contribution is -2.21. The largest absolute Gasteiger partial charge is 0.303 e. The van der Waals surface area contributed by atoms with Gasteiger partial charge < -0.3 is 5.32 Å². The molecule has 0 aliphatic rings. The Hall–Kier alpha value is -2.20. The Morgan fingerprint density at radius 3 is 2.64 bits per heavy atom. The second-order valence-electron chi connectivity index (χ2n) is 5.95. The molecular weight excluding hydrogens is 272 g/mol. The molecule has 3 aromatic rings. The van der Waals surface area contributed by atoms with Crippen LogP contribution in [0, 0.1) is 20.8 Å². The van der Waals surface area contributed by atoms with Crippen molar-refractivity contribution in [3.05, 3.63) is 64.6 Å². The number of aromatic nitrogens is 3. The Balaban J connectivity index is 1.78. The monoisotopic (exact) mass is 294 g/mol. The Morgan fingerprint density at radius 2 is 1.82 bits per heavy atom. The number of hydrogen-bond donors (Lipinski definition) is 1. The zero-order valence-corrected chi connectivity index (χ0v) is 13.6. The fourth-order valence-corrected chi connectivity index (χ4v) is 2.72. The van der Waals surface area contributed by atoms with Gasteiger partial charge in [-0.3, -0.25) is 4.40 Å². The van der Waals surface area contributed by atoms with Crippen molar-refractivity contribution < 1.29 is 0 Å². The maximum Gasteiger partial charge on any atom is 0.160 e. The summed E-state index contributed by atoms with van der Waals surface area (Å²) < 4.78 is 2.03. The van der Waals surface area contributed by atoms with Crippen molar-refractivity contribution in [3.8, 4) is 0 Å². The molecule has 0 spiro atoms. The van der Waals surface area contributed by atoms with E-state index in [0.29, 0.717) is 0 Å². The molecule has 4 nitrogen and oxygen atoms in total. The average Bonchev–Trinajstić information content (AvgIpc) is 2.93. The topological polar surface area (TPSA) is 42.2 Å². The zero-order valence-electron chi connectivity index (χ0n) is 13.6. The summed E-state index contributed by atoms with van der Waals surface area (Å²) in [5.74, 6) is 0.942. The van der Waals surface area contributed by atoms with E-state index in [1.54, 1.807) is 0 Å². The van der Waals surface area contributed by atoms with Gasteiger partial charge in [0.05, 0.1) is 6.04 Å². The first kappa shape index (κ1) is 14.7. The highest BCUT2D eigenvalue weighted by atomic mass is 15.3. The smallest absolute Gasteiger partial charge is 0.160 e. The lowest BCUT2D eigenvalue weighted by molar-refractivity contribution is 0.540. The van der Waals surface area contributed by atoms with Gasteiger partial charge in [0.2, 0.25) is 0 Å². The van der Waals surface area contributed by atoms with Crippen molar-refractivity contribution in [1.82, 2.24) is 19.9 Å². The number of nitrogens with one attached hydrogen (secondary N) is 1. The van der Waals surface area contributed by atoms with Crippen LogP contribution in [0.2, 0.25) is 0 Å².